The number of rotatable bonds is 5. The Morgan fingerprint density at radius 1 is 1.26 bits per heavy atom. The average molecular weight is 332 g/mol. The van der Waals surface area contributed by atoms with E-state index >= 15 is 0 Å². The van der Waals surface area contributed by atoms with Crippen molar-refractivity contribution in [1.29, 1.82) is 0 Å². The maximum Gasteiger partial charge on any atom is 0.416 e. The van der Waals surface area contributed by atoms with Gasteiger partial charge in [-0.2, -0.15) is 13.2 Å². The molecular formula is C15H16F4N2O2. The number of nitrogens with one attached hydrogen (secondary N) is 1. The van der Waals surface area contributed by atoms with Crippen molar-refractivity contribution in [3.05, 3.63) is 35.1 Å². The van der Waals surface area contributed by atoms with Crippen LogP contribution in [0.4, 0.5) is 17.6 Å². The number of ketones is 1. The highest BCUT2D eigenvalue weighted by atomic mass is 19.4. The predicted molar refractivity (Wildman–Crippen MR) is 74.4 cm³/mol. The number of piperazine rings is 1. The fourth-order valence-corrected chi connectivity index (χ4v) is 2.37. The molecule has 2 rings (SSSR count). The van der Waals surface area contributed by atoms with E-state index in [1.54, 1.807) is 4.90 Å². The number of benzene rings is 1. The van der Waals surface area contributed by atoms with E-state index < -0.39 is 23.3 Å². The molecule has 1 fully saturated rings. The van der Waals surface area contributed by atoms with E-state index in [0.717, 1.165) is 6.07 Å². The molecule has 8 heteroatoms. The second-order valence-corrected chi connectivity index (χ2v) is 5.31. The Balaban J connectivity index is 1.95. The van der Waals surface area contributed by atoms with E-state index in [1.165, 1.54) is 0 Å². The zero-order valence-electron chi connectivity index (χ0n) is 12.3. The van der Waals surface area contributed by atoms with Gasteiger partial charge in [-0.25, -0.2) is 4.39 Å². The number of halogens is 4. The van der Waals surface area contributed by atoms with Crippen LogP contribution in [0.1, 0.15) is 28.8 Å². The van der Waals surface area contributed by atoms with Crippen molar-refractivity contribution >= 4 is 11.7 Å². The molecule has 0 aromatic heterocycles. The summed E-state index contributed by atoms with van der Waals surface area (Å²) in [7, 11) is 0. The first kappa shape index (κ1) is 17.4. The third-order valence-corrected chi connectivity index (χ3v) is 3.57. The van der Waals surface area contributed by atoms with Crippen LogP contribution in [0.5, 0.6) is 0 Å². The molecule has 1 heterocycles. The quantitative estimate of drug-likeness (QED) is 0.665. The Bertz CT molecular complexity index is 602. The third kappa shape index (κ3) is 4.75. The number of Topliss-reactive ketones (excluding diaryl/α,β-unsaturated/α-hetero) is 1. The van der Waals surface area contributed by atoms with E-state index in [4.69, 9.17) is 0 Å². The molecule has 1 N–H and O–H groups in total. The number of amides is 1. The summed E-state index contributed by atoms with van der Waals surface area (Å²) in [6.45, 7) is 1.80. The molecule has 1 aromatic rings. The van der Waals surface area contributed by atoms with E-state index in [-0.39, 0.29) is 24.4 Å². The summed E-state index contributed by atoms with van der Waals surface area (Å²) in [6, 6.07) is 1.81. The fraction of sp³-hybridized carbons (Fsp3) is 0.467. The molecule has 1 aromatic carbocycles. The van der Waals surface area contributed by atoms with Crippen LogP contribution in [-0.2, 0) is 11.0 Å². The molecule has 1 amide bonds. The molecule has 1 aliphatic rings. The molecular weight excluding hydrogens is 316 g/mol. The SMILES string of the molecule is O=C(CCCN1CCNCC1=O)c1cc(F)cc(C(F)(F)F)c1. The van der Waals surface area contributed by atoms with Crippen LogP contribution in [0.2, 0.25) is 0 Å². The Morgan fingerprint density at radius 2 is 2.00 bits per heavy atom. The van der Waals surface area contributed by atoms with Gasteiger partial charge in [-0.15, -0.1) is 0 Å². The van der Waals surface area contributed by atoms with Crippen LogP contribution in [-0.4, -0.2) is 42.8 Å². The first-order valence-electron chi connectivity index (χ1n) is 7.17. The molecule has 0 radical (unpaired) electrons. The topological polar surface area (TPSA) is 49.4 Å². The Hall–Kier alpha value is -1.96. The fourth-order valence-electron chi connectivity index (χ4n) is 2.37. The number of carbonyl (C=O) groups is 2. The van der Waals surface area contributed by atoms with Crippen molar-refractivity contribution in [3.8, 4) is 0 Å². The van der Waals surface area contributed by atoms with Crippen LogP contribution in [0.25, 0.3) is 0 Å². The lowest BCUT2D eigenvalue weighted by molar-refractivity contribution is -0.137. The molecule has 1 saturated heterocycles. The number of nitrogens with zero attached hydrogens (tertiary/aromatic N) is 1. The number of alkyl halides is 3. The van der Waals surface area contributed by atoms with Crippen LogP contribution in [0, 0.1) is 5.82 Å². The molecule has 0 aliphatic carbocycles. The smallest absolute Gasteiger partial charge is 0.340 e. The van der Waals surface area contributed by atoms with E-state index in [2.05, 4.69) is 5.32 Å². The van der Waals surface area contributed by atoms with Gasteiger partial charge in [0.05, 0.1) is 12.1 Å². The van der Waals surface area contributed by atoms with Gasteiger partial charge in [0.2, 0.25) is 5.91 Å². The summed E-state index contributed by atoms with van der Waals surface area (Å²) in [5, 5.41) is 2.91. The Kier molecular flexibility index (Phi) is 5.35. The van der Waals surface area contributed by atoms with Crippen molar-refractivity contribution in [2.24, 2.45) is 0 Å². The summed E-state index contributed by atoms with van der Waals surface area (Å²) in [4.78, 5) is 25.1. The minimum absolute atomic E-state index is 0.0437. The molecule has 4 nitrogen and oxygen atoms in total. The molecule has 0 spiro atoms. The van der Waals surface area contributed by atoms with Gasteiger partial charge in [0.25, 0.3) is 0 Å². The monoisotopic (exact) mass is 332 g/mol. The molecule has 0 bridgehead atoms. The second-order valence-electron chi connectivity index (χ2n) is 5.31. The van der Waals surface area contributed by atoms with Gasteiger partial charge in [-0.1, -0.05) is 0 Å². The van der Waals surface area contributed by atoms with Crippen molar-refractivity contribution in [2.75, 3.05) is 26.2 Å². The molecule has 23 heavy (non-hydrogen) atoms. The molecule has 1 aliphatic heterocycles. The van der Waals surface area contributed by atoms with Crippen LogP contribution in [0.15, 0.2) is 18.2 Å². The number of carbonyl (C=O) groups excluding carboxylic acids is 2. The Labute approximate surface area is 130 Å². The van der Waals surface area contributed by atoms with E-state index in [0.29, 0.717) is 38.2 Å². The number of hydrogen-bond acceptors (Lipinski definition) is 3. The predicted octanol–water partition coefficient (Wildman–Crippen LogP) is 2.24. The second kappa shape index (κ2) is 7.08. The van der Waals surface area contributed by atoms with Crippen molar-refractivity contribution < 1.29 is 27.2 Å². The highest BCUT2D eigenvalue weighted by Gasteiger charge is 2.32. The summed E-state index contributed by atoms with van der Waals surface area (Å²) < 4.78 is 51.1. The highest BCUT2D eigenvalue weighted by molar-refractivity contribution is 5.96. The highest BCUT2D eigenvalue weighted by Crippen LogP contribution is 2.30. The largest absolute Gasteiger partial charge is 0.416 e. The van der Waals surface area contributed by atoms with Crippen LogP contribution < -0.4 is 5.32 Å². The van der Waals surface area contributed by atoms with E-state index in [9.17, 15) is 27.2 Å². The molecule has 126 valence electrons. The Morgan fingerprint density at radius 3 is 2.65 bits per heavy atom. The van der Waals surface area contributed by atoms with Gasteiger partial charge >= 0.3 is 6.18 Å². The lowest BCUT2D eigenvalue weighted by Crippen LogP contribution is -2.48. The van der Waals surface area contributed by atoms with Gasteiger partial charge in [0.15, 0.2) is 5.78 Å². The molecule has 0 unspecified atom stereocenters. The van der Waals surface area contributed by atoms with Crippen molar-refractivity contribution in [2.45, 2.75) is 19.0 Å². The maximum atomic E-state index is 13.3. The summed E-state index contributed by atoms with van der Waals surface area (Å²) in [6.07, 6.45) is -4.43. The van der Waals surface area contributed by atoms with Crippen LogP contribution in [0.3, 0.4) is 0 Å². The van der Waals surface area contributed by atoms with Crippen molar-refractivity contribution in [1.82, 2.24) is 10.2 Å². The third-order valence-electron chi connectivity index (χ3n) is 3.57. The van der Waals surface area contributed by atoms with E-state index in [1.807, 2.05) is 0 Å². The molecule has 0 atom stereocenters. The average Bonchev–Trinajstić information content (AvgIpc) is 2.47. The zero-order chi connectivity index (χ0) is 17.0. The minimum atomic E-state index is -4.70. The zero-order valence-corrected chi connectivity index (χ0v) is 12.3. The normalized spacial score (nSPS) is 15.8. The standard InChI is InChI=1S/C15H16F4N2O2/c16-12-7-10(6-11(8-12)15(17,18)19)13(22)2-1-4-21-5-3-20-9-14(21)23/h6-8,20H,1-5,9H2. The van der Waals surface area contributed by atoms with Gasteiger partial charge in [-0.3, -0.25) is 9.59 Å². The van der Waals surface area contributed by atoms with Crippen LogP contribution >= 0.6 is 0 Å². The summed E-state index contributed by atoms with van der Waals surface area (Å²) in [5.41, 5.74) is -1.48. The maximum absolute atomic E-state index is 13.3. The number of hydrogen-bond donors (Lipinski definition) is 1. The van der Waals surface area contributed by atoms with Crippen molar-refractivity contribution in [3.63, 3.8) is 0 Å². The minimum Gasteiger partial charge on any atom is -0.340 e. The van der Waals surface area contributed by atoms with Gasteiger partial charge in [0, 0.05) is 31.6 Å². The van der Waals surface area contributed by atoms with Gasteiger partial charge in [0.1, 0.15) is 5.82 Å². The first-order chi connectivity index (χ1) is 10.8. The van der Waals surface area contributed by atoms with Gasteiger partial charge < -0.3 is 10.2 Å². The lowest BCUT2D eigenvalue weighted by atomic mass is 10.0. The summed E-state index contributed by atoms with van der Waals surface area (Å²) >= 11 is 0. The molecule has 0 saturated carbocycles. The van der Waals surface area contributed by atoms with Gasteiger partial charge in [-0.05, 0) is 24.6 Å². The lowest BCUT2D eigenvalue weighted by Gasteiger charge is -2.27. The first-order valence-corrected chi connectivity index (χ1v) is 7.17. The summed E-state index contributed by atoms with van der Waals surface area (Å²) in [5.74, 6) is -1.74.